The van der Waals surface area contributed by atoms with E-state index in [1.165, 1.54) is 6.08 Å². The highest BCUT2D eigenvalue weighted by atomic mass is 35.5. The average Bonchev–Trinajstić information content (AvgIpc) is 3.31. The molecular weight excluding hydrogens is 464 g/mol. The minimum atomic E-state index is -1.08. The lowest BCUT2D eigenvalue weighted by Crippen LogP contribution is -2.41. The van der Waals surface area contributed by atoms with Crippen molar-refractivity contribution in [2.45, 2.75) is 30.7 Å². The topological polar surface area (TPSA) is 93.0 Å². The molecule has 0 radical (unpaired) electrons. The minimum absolute atomic E-state index is 0.0946. The Kier molecular flexibility index (Phi) is 6.21. The Morgan fingerprint density at radius 2 is 2.14 bits per heavy atom. The van der Waals surface area contributed by atoms with Crippen LogP contribution in [0.3, 0.4) is 0 Å². The van der Waals surface area contributed by atoms with E-state index >= 15 is 0 Å². The van der Waals surface area contributed by atoms with Gasteiger partial charge in [-0.05, 0) is 37.5 Å². The fourth-order valence-corrected chi connectivity index (χ4v) is 5.10. The molecule has 1 saturated heterocycles. The Morgan fingerprint density at radius 3 is 2.89 bits per heavy atom. The number of fused-ring (bicyclic) bond motifs is 1. The number of carbonyl (C=O) groups is 2. The molecular formula is C26H25ClN6O2. The maximum atomic E-state index is 13.8. The first-order valence-corrected chi connectivity index (χ1v) is 11.9. The number of hydrogen-bond acceptors (Lipinski definition) is 5. The fourth-order valence-electron chi connectivity index (χ4n) is 4.86. The molecule has 2 unspecified atom stereocenters. The van der Waals surface area contributed by atoms with E-state index in [2.05, 4.69) is 21.9 Å². The number of pyridine rings is 2. The maximum absolute atomic E-state index is 13.8. The van der Waals surface area contributed by atoms with Gasteiger partial charge in [0.25, 0.3) is 0 Å². The molecule has 3 aromatic rings. The first-order valence-electron chi connectivity index (χ1n) is 11.5. The van der Waals surface area contributed by atoms with E-state index in [0.29, 0.717) is 46.9 Å². The average molecular weight is 489 g/mol. The molecule has 35 heavy (non-hydrogen) atoms. The van der Waals surface area contributed by atoms with Crippen LogP contribution in [0.15, 0.2) is 73.7 Å². The summed E-state index contributed by atoms with van der Waals surface area (Å²) in [5, 5.41) is 9.12. The highest BCUT2D eigenvalue weighted by Crippen LogP contribution is 2.40. The van der Waals surface area contributed by atoms with Crippen LogP contribution in [0.25, 0.3) is 10.9 Å². The van der Waals surface area contributed by atoms with Gasteiger partial charge in [0, 0.05) is 37.1 Å². The third-order valence-electron chi connectivity index (χ3n) is 6.60. The van der Waals surface area contributed by atoms with Gasteiger partial charge in [-0.15, -0.1) is 0 Å². The van der Waals surface area contributed by atoms with E-state index in [1.807, 2.05) is 35.1 Å². The largest absolute Gasteiger partial charge is 0.337 e. The van der Waals surface area contributed by atoms with Crippen LogP contribution in [0.1, 0.15) is 31.0 Å². The highest BCUT2D eigenvalue weighted by Gasteiger charge is 2.43. The quantitative estimate of drug-likeness (QED) is 0.543. The minimum Gasteiger partial charge on any atom is -0.337 e. The summed E-state index contributed by atoms with van der Waals surface area (Å²) in [7, 11) is 0. The number of rotatable bonds is 5. The number of nitrogens with one attached hydrogen (secondary N) is 1. The molecule has 1 fully saturated rings. The molecule has 0 saturated carbocycles. The molecule has 9 heteroatoms. The summed E-state index contributed by atoms with van der Waals surface area (Å²) in [6.07, 6.45) is 15.9. The zero-order valence-corrected chi connectivity index (χ0v) is 19.9. The third-order valence-corrected chi connectivity index (χ3v) is 6.87. The Labute approximate surface area is 208 Å². The predicted octanol–water partition coefficient (Wildman–Crippen LogP) is 4.22. The van der Waals surface area contributed by atoms with Crippen molar-refractivity contribution >= 4 is 40.1 Å². The van der Waals surface area contributed by atoms with Crippen molar-refractivity contribution in [2.75, 3.05) is 18.4 Å². The molecule has 1 aliphatic heterocycles. The normalized spacial score (nSPS) is 21.7. The standard InChI is InChI=1S/C26H25ClN6O2/c1-2-22(34)32-14-8-9-18(17-32)33-23-19(15-28-16-20(23)27)24(31-33)26(11-5-3-6-12-26)25(35)30-21-10-4-7-13-29-21/h2-7,10-11,13,15-16,18H,1,8-9,12,14,17H2,(H,29,30,35). The molecule has 0 bridgehead atoms. The smallest absolute Gasteiger partial charge is 0.246 e. The lowest BCUT2D eigenvalue weighted by Gasteiger charge is -2.33. The van der Waals surface area contributed by atoms with Crippen LogP contribution in [0.4, 0.5) is 5.82 Å². The third kappa shape index (κ3) is 4.14. The van der Waals surface area contributed by atoms with Gasteiger partial charge in [0.1, 0.15) is 11.2 Å². The van der Waals surface area contributed by atoms with Gasteiger partial charge < -0.3 is 10.2 Å². The van der Waals surface area contributed by atoms with E-state index in [0.717, 1.165) is 12.8 Å². The van der Waals surface area contributed by atoms with Crippen molar-refractivity contribution < 1.29 is 9.59 Å². The molecule has 1 aliphatic carbocycles. The van der Waals surface area contributed by atoms with Gasteiger partial charge >= 0.3 is 0 Å². The zero-order valence-electron chi connectivity index (χ0n) is 19.1. The van der Waals surface area contributed by atoms with E-state index in [-0.39, 0.29) is 17.9 Å². The monoisotopic (exact) mass is 488 g/mol. The van der Waals surface area contributed by atoms with Crippen LogP contribution in [0.2, 0.25) is 5.02 Å². The molecule has 3 aromatic heterocycles. The molecule has 0 aromatic carbocycles. The van der Waals surface area contributed by atoms with Crippen molar-refractivity contribution in [3.63, 3.8) is 0 Å². The second kappa shape index (κ2) is 9.46. The van der Waals surface area contributed by atoms with Gasteiger partial charge in [0.15, 0.2) is 0 Å². The lowest BCUT2D eigenvalue weighted by atomic mass is 9.76. The van der Waals surface area contributed by atoms with Gasteiger partial charge in [0.2, 0.25) is 11.8 Å². The summed E-state index contributed by atoms with van der Waals surface area (Å²) >= 11 is 6.65. The second-order valence-electron chi connectivity index (χ2n) is 8.73. The molecule has 4 heterocycles. The first-order chi connectivity index (χ1) is 17.0. The summed E-state index contributed by atoms with van der Waals surface area (Å²) in [5.74, 6) is 0.117. The first kappa shape index (κ1) is 23.0. The second-order valence-corrected chi connectivity index (χ2v) is 9.13. The number of carbonyl (C=O) groups excluding carboxylic acids is 2. The number of halogens is 1. The van der Waals surface area contributed by atoms with Crippen LogP contribution < -0.4 is 5.32 Å². The van der Waals surface area contributed by atoms with Crippen molar-refractivity contribution in [1.82, 2.24) is 24.6 Å². The molecule has 5 rings (SSSR count). The van der Waals surface area contributed by atoms with Crippen LogP contribution in [-0.2, 0) is 15.0 Å². The van der Waals surface area contributed by atoms with Gasteiger partial charge in [-0.1, -0.05) is 48.6 Å². The van der Waals surface area contributed by atoms with E-state index in [4.69, 9.17) is 16.7 Å². The number of anilines is 1. The van der Waals surface area contributed by atoms with E-state index in [9.17, 15) is 9.59 Å². The highest BCUT2D eigenvalue weighted by molar-refractivity contribution is 6.35. The SMILES string of the molecule is C=CC(=O)N1CCCC(n2nc(C3(C(=O)Nc4ccccn4)C=CC=CC3)c3cncc(Cl)c32)C1. The molecule has 178 valence electrons. The summed E-state index contributed by atoms with van der Waals surface area (Å²) in [4.78, 5) is 36.4. The molecule has 2 amide bonds. The van der Waals surface area contributed by atoms with Crippen molar-refractivity contribution in [3.8, 4) is 0 Å². The Hall–Kier alpha value is -3.78. The number of likely N-dealkylation sites (tertiary alicyclic amines) is 1. The van der Waals surface area contributed by atoms with Crippen molar-refractivity contribution in [2.24, 2.45) is 0 Å². The zero-order chi connectivity index (χ0) is 24.4. The number of nitrogens with zero attached hydrogens (tertiary/aromatic N) is 5. The summed E-state index contributed by atoms with van der Waals surface area (Å²) in [5.41, 5.74) is 0.208. The number of aromatic nitrogens is 4. The molecule has 0 spiro atoms. The van der Waals surface area contributed by atoms with E-state index in [1.54, 1.807) is 35.6 Å². The maximum Gasteiger partial charge on any atom is 0.246 e. The molecule has 1 N–H and O–H groups in total. The lowest BCUT2D eigenvalue weighted by molar-refractivity contribution is -0.127. The Bertz CT molecular complexity index is 1350. The van der Waals surface area contributed by atoms with Gasteiger partial charge in [-0.3, -0.25) is 19.3 Å². The van der Waals surface area contributed by atoms with Crippen LogP contribution >= 0.6 is 11.6 Å². The Balaban J connectivity index is 1.62. The molecule has 8 nitrogen and oxygen atoms in total. The van der Waals surface area contributed by atoms with Crippen molar-refractivity contribution in [3.05, 3.63) is 84.5 Å². The van der Waals surface area contributed by atoms with E-state index < -0.39 is 5.41 Å². The summed E-state index contributed by atoms with van der Waals surface area (Å²) in [6, 6.07) is 5.26. The summed E-state index contributed by atoms with van der Waals surface area (Å²) in [6.45, 7) is 4.78. The Morgan fingerprint density at radius 1 is 1.26 bits per heavy atom. The van der Waals surface area contributed by atoms with Crippen LogP contribution in [0, 0.1) is 0 Å². The summed E-state index contributed by atoms with van der Waals surface area (Å²) < 4.78 is 1.87. The number of amides is 2. The van der Waals surface area contributed by atoms with Crippen LogP contribution in [0.5, 0.6) is 0 Å². The molecule has 2 atom stereocenters. The fraction of sp³-hybridized carbons (Fsp3) is 0.269. The van der Waals surface area contributed by atoms with Crippen LogP contribution in [-0.4, -0.2) is 49.6 Å². The van der Waals surface area contributed by atoms with Gasteiger partial charge in [-0.25, -0.2) is 4.98 Å². The van der Waals surface area contributed by atoms with Gasteiger partial charge in [0.05, 0.1) is 22.3 Å². The number of piperidine rings is 1. The molecule has 2 aliphatic rings. The number of allylic oxidation sites excluding steroid dienone is 3. The predicted molar refractivity (Wildman–Crippen MR) is 135 cm³/mol. The van der Waals surface area contributed by atoms with Crippen molar-refractivity contribution in [1.29, 1.82) is 0 Å². The number of hydrogen-bond donors (Lipinski definition) is 1. The van der Waals surface area contributed by atoms with Gasteiger partial charge in [-0.2, -0.15) is 5.10 Å².